The summed E-state index contributed by atoms with van der Waals surface area (Å²) in [4.78, 5) is 0. The molecule has 3 rings (SSSR count). The maximum atomic E-state index is 13.1. The number of aryl methyl sites for hydroxylation is 1. The summed E-state index contributed by atoms with van der Waals surface area (Å²) < 4.78 is 18.7. The second kappa shape index (κ2) is 6.88. The predicted molar refractivity (Wildman–Crippen MR) is 88.3 cm³/mol. The highest BCUT2D eigenvalue weighted by molar-refractivity contribution is 5.67. The van der Waals surface area contributed by atoms with E-state index in [1.54, 1.807) is 24.3 Å². The Bertz CT molecular complexity index is 938. The van der Waals surface area contributed by atoms with Crippen LogP contribution >= 0.6 is 0 Å². The molecule has 0 aliphatic rings. The van der Waals surface area contributed by atoms with Crippen molar-refractivity contribution >= 4 is 12.2 Å². The van der Waals surface area contributed by atoms with Crippen LogP contribution in [-0.4, -0.2) is 10.2 Å². The lowest BCUT2D eigenvalue weighted by atomic mass is 10.1. The van der Waals surface area contributed by atoms with E-state index in [4.69, 9.17) is 9.68 Å². The molecule has 0 aliphatic heterocycles. The highest BCUT2D eigenvalue weighted by atomic mass is 19.1. The first kappa shape index (κ1) is 15.6. The fourth-order valence-electron chi connectivity index (χ4n) is 2.32. The number of nitrogens with zero attached hydrogens (tertiary/aromatic N) is 3. The van der Waals surface area contributed by atoms with Crippen LogP contribution in [0.3, 0.4) is 0 Å². The van der Waals surface area contributed by atoms with Gasteiger partial charge in [-0.1, -0.05) is 18.2 Å². The molecule has 0 amide bonds. The second-order valence-corrected chi connectivity index (χ2v) is 5.36. The molecule has 0 spiro atoms. The Morgan fingerprint density at radius 1 is 1.17 bits per heavy atom. The van der Waals surface area contributed by atoms with Gasteiger partial charge in [0.25, 0.3) is 0 Å². The second-order valence-electron chi connectivity index (χ2n) is 5.36. The number of hydrogen-bond donors (Lipinski definition) is 0. The van der Waals surface area contributed by atoms with Crippen molar-refractivity contribution in [2.24, 2.45) is 0 Å². The van der Waals surface area contributed by atoms with Gasteiger partial charge in [0.05, 0.1) is 18.1 Å². The van der Waals surface area contributed by atoms with Crippen molar-refractivity contribution in [3.63, 3.8) is 0 Å². The van der Waals surface area contributed by atoms with Crippen molar-refractivity contribution in [2.45, 2.75) is 13.3 Å². The summed E-state index contributed by atoms with van der Waals surface area (Å²) in [5.41, 5.74) is 3.25. The average Bonchev–Trinajstić information content (AvgIpc) is 3.01. The Labute approximate surface area is 138 Å². The van der Waals surface area contributed by atoms with Crippen LogP contribution in [0, 0.1) is 24.1 Å². The largest absolute Gasteiger partial charge is 0.421 e. The van der Waals surface area contributed by atoms with Gasteiger partial charge in [-0.05, 0) is 54.0 Å². The van der Waals surface area contributed by atoms with E-state index in [9.17, 15) is 4.39 Å². The van der Waals surface area contributed by atoms with Gasteiger partial charge in [0.15, 0.2) is 0 Å². The molecule has 2 aromatic carbocycles. The lowest BCUT2D eigenvalue weighted by Gasteiger charge is -1.99. The van der Waals surface area contributed by atoms with Gasteiger partial charge in [0, 0.05) is 6.08 Å². The van der Waals surface area contributed by atoms with Crippen molar-refractivity contribution in [2.75, 3.05) is 0 Å². The third-order valence-corrected chi connectivity index (χ3v) is 3.53. The van der Waals surface area contributed by atoms with E-state index in [2.05, 4.69) is 16.3 Å². The molecule has 3 aromatic rings. The maximum Gasteiger partial charge on any atom is 0.240 e. The summed E-state index contributed by atoms with van der Waals surface area (Å²) in [6, 6.07) is 14.0. The van der Waals surface area contributed by atoms with E-state index in [0.29, 0.717) is 23.8 Å². The Hall–Kier alpha value is -3.26. The Morgan fingerprint density at radius 3 is 2.83 bits per heavy atom. The minimum Gasteiger partial charge on any atom is -0.421 e. The van der Waals surface area contributed by atoms with Gasteiger partial charge in [-0.25, -0.2) is 4.39 Å². The molecule has 0 radical (unpaired) electrons. The molecule has 0 fully saturated rings. The summed E-state index contributed by atoms with van der Waals surface area (Å²) in [5, 5.41) is 16.9. The molecule has 1 aromatic heterocycles. The van der Waals surface area contributed by atoms with E-state index >= 15 is 0 Å². The Kier molecular flexibility index (Phi) is 4.48. The lowest BCUT2D eigenvalue weighted by molar-refractivity contribution is 0.496. The molecule has 24 heavy (non-hydrogen) atoms. The van der Waals surface area contributed by atoms with Gasteiger partial charge in [-0.15, -0.1) is 10.2 Å². The first-order valence-electron chi connectivity index (χ1n) is 7.40. The summed E-state index contributed by atoms with van der Waals surface area (Å²) in [7, 11) is 0. The van der Waals surface area contributed by atoms with Crippen molar-refractivity contribution in [1.82, 2.24) is 10.2 Å². The van der Waals surface area contributed by atoms with Crippen LogP contribution in [0.4, 0.5) is 4.39 Å². The molecule has 118 valence electrons. The number of benzene rings is 2. The fraction of sp³-hybridized carbons (Fsp3) is 0.105. The topological polar surface area (TPSA) is 62.7 Å². The Balaban J connectivity index is 1.73. The van der Waals surface area contributed by atoms with Crippen molar-refractivity contribution in [1.29, 1.82) is 5.26 Å². The molecular weight excluding hydrogens is 305 g/mol. The summed E-state index contributed by atoms with van der Waals surface area (Å²) in [5.74, 6) is 0.593. The van der Waals surface area contributed by atoms with Gasteiger partial charge in [0.1, 0.15) is 5.82 Å². The average molecular weight is 319 g/mol. The lowest BCUT2D eigenvalue weighted by Crippen LogP contribution is -1.89. The first-order chi connectivity index (χ1) is 11.6. The molecule has 0 aliphatic carbocycles. The molecule has 0 saturated heterocycles. The molecule has 1 heterocycles. The number of rotatable bonds is 4. The molecule has 5 heteroatoms. The van der Waals surface area contributed by atoms with Crippen LogP contribution < -0.4 is 0 Å². The Morgan fingerprint density at radius 2 is 2.04 bits per heavy atom. The van der Waals surface area contributed by atoms with Crippen LogP contribution in [0.15, 0.2) is 46.9 Å². The number of nitriles is 1. The van der Waals surface area contributed by atoms with E-state index in [0.717, 1.165) is 16.7 Å². The number of aromatic nitrogens is 2. The highest BCUT2D eigenvalue weighted by Crippen LogP contribution is 2.15. The summed E-state index contributed by atoms with van der Waals surface area (Å²) in [6.07, 6.45) is 3.97. The summed E-state index contributed by atoms with van der Waals surface area (Å²) in [6.45, 7) is 1.84. The van der Waals surface area contributed by atoms with Crippen molar-refractivity contribution < 1.29 is 8.81 Å². The normalized spacial score (nSPS) is 10.9. The van der Waals surface area contributed by atoms with Crippen LogP contribution in [0.5, 0.6) is 0 Å². The van der Waals surface area contributed by atoms with Crippen LogP contribution in [0.2, 0.25) is 0 Å². The molecule has 0 unspecified atom stereocenters. The predicted octanol–water partition coefficient (Wildman–Crippen LogP) is 4.15. The quantitative estimate of drug-likeness (QED) is 0.724. The van der Waals surface area contributed by atoms with Gasteiger partial charge in [0.2, 0.25) is 11.8 Å². The minimum atomic E-state index is -0.260. The standard InChI is InChI=1S/C19H14FN3O/c1-13-9-17(20)7-5-16(13)6-8-18-22-23-19(24-18)11-14-3-2-4-15(10-14)12-21/h2-10H,11H2,1H3/b8-6+. The first-order valence-corrected chi connectivity index (χ1v) is 7.40. The third-order valence-electron chi connectivity index (χ3n) is 3.53. The van der Waals surface area contributed by atoms with Crippen LogP contribution in [0.1, 0.15) is 34.0 Å². The fourth-order valence-corrected chi connectivity index (χ4v) is 2.32. The number of hydrogen-bond acceptors (Lipinski definition) is 4. The smallest absolute Gasteiger partial charge is 0.240 e. The van der Waals surface area contributed by atoms with Gasteiger partial charge in [-0.3, -0.25) is 0 Å². The molecule has 0 saturated carbocycles. The number of halogens is 1. The van der Waals surface area contributed by atoms with Crippen LogP contribution in [0.25, 0.3) is 12.2 Å². The molecule has 0 N–H and O–H groups in total. The van der Waals surface area contributed by atoms with Crippen molar-refractivity contribution in [3.05, 3.63) is 82.3 Å². The molecular formula is C19H14FN3O. The zero-order valence-electron chi connectivity index (χ0n) is 13.0. The molecule has 0 bridgehead atoms. The van der Waals surface area contributed by atoms with Crippen molar-refractivity contribution in [3.8, 4) is 6.07 Å². The molecule has 4 nitrogen and oxygen atoms in total. The third kappa shape index (κ3) is 3.73. The zero-order chi connectivity index (χ0) is 16.9. The summed E-state index contributed by atoms with van der Waals surface area (Å²) >= 11 is 0. The van der Waals surface area contributed by atoms with E-state index in [-0.39, 0.29) is 5.82 Å². The van der Waals surface area contributed by atoms with Gasteiger partial charge in [-0.2, -0.15) is 5.26 Å². The molecule has 0 atom stereocenters. The van der Waals surface area contributed by atoms with E-state index in [1.807, 2.05) is 25.1 Å². The maximum absolute atomic E-state index is 13.1. The van der Waals surface area contributed by atoms with E-state index < -0.39 is 0 Å². The van der Waals surface area contributed by atoms with Gasteiger partial charge >= 0.3 is 0 Å². The monoisotopic (exact) mass is 319 g/mol. The van der Waals surface area contributed by atoms with Gasteiger partial charge < -0.3 is 4.42 Å². The SMILES string of the molecule is Cc1cc(F)ccc1/C=C/c1nnc(Cc2cccc(C#N)c2)o1. The zero-order valence-corrected chi connectivity index (χ0v) is 13.0. The highest BCUT2D eigenvalue weighted by Gasteiger charge is 2.06. The minimum absolute atomic E-state index is 0.260. The van der Waals surface area contributed by atoms with E-state index in [1.165, 1.54) is 12.1 Å². The van der Waals surface area contributed by atoms with Crippen LogP contribution in [-0.2, 0) is 6.42 Å².